The number of anilines is 1. The Balaban J connectivity index is 0.950. The van der Waals surface area contributed by atoms with Crippen molar-refractivity contribution in [2.75, 3.05) is 57.4 Å². The number of carbonyl (C=O) groups is 1. The van der Waals surface area contributed by atoms with Crippen LogP contribution >= 0.6 is 11.6 Å². The number of pyridine rings is 1. The van der Waals surface area contributed by atoms with Gasteiger partial charge in [0.2, 0.25) is 0 Å². The van der Waals surface area contributed by atoms with Crippen molar-refractivity contribution in [1.82, 2.24) is 19.6 Å². The van der Waals surface area contributed by atoms with Crippen LogP contribution in [-0.4, -0.2) is 86.7 Å². The highest BCUT2D eigenvalue weighted by Crippen LogP contribution is 2.44. The number of H-pyrrole nitrogens is 1. The van der Waals surface area contributed by atoms with E-state index in [2.05, 4.69) is 50.5 Å². The largest absolute Gasteiger partial charge is 0.493 e. The number of aromatic amines is 1. The molecule has 3 aliphatic heterocycles. The molecule has 14 nitrogen and oxygen atoms in total. The van der Waals surface area contributed by atoms with Crippen LogP contribution in [0.2, 0.25) is 5.02 Å². The minimum absolute atomic E-state index is 0.0419. The van der Waals surface area contributed by atoms with Crippen molar-refractivity contribution < 1.29 is 32.3 Å². The van der Waals surface area contributed by atoms with E-state index in [9.17, 15) is 23.3 Å². The maximum absolute atomic E-state index is 14.1. The summed E-state index contributed by atoms with van der Waals surface area (Å²) in [5.74, 6) is -0.0282. The van der Waals surface area contributed by atoms with Gasteiger partial charge in [-0.25, -0.2) is 18.1 Å². The lowest BCUT2D eigenvalue weighted by atomic mass is 9.73. The van der Waals surface area contributed by atoms with E-state index in [4.69, 9.17) is 25.8 Å². The topological polar surface area (TPSA) is 169 Å². The molecule has 0 saturated carbocycles. The first-order valence-electron chi connectivity index (χ1n) is 21.6. The molecule has 16 heteroatoms. The van der Waals surface area contributed by atoms with E-state index in [1.165, 1.54) is 29.0 Å². The molecule has 2 fully saturated rings. The number of benzene rings is 3. The van der Waals surface area contributed by atoms with Gasteiger partial charge < -0.3 is 24.1 Å². The van der Waals surface area contributed by atoms with E-state index in [-0.39, 0.29) is 40.0 Å². The molecule has 2 N–H and O–H groups in total. The molecule has 63 heavy (non-hydrogen) atoms. The number of rotatable bonds is 11. The smallest absolute Gasteiger partial charge is 0.277 e. The van der Waals surface area contributed by atoms with Gasteiger partial charge in [-0.05, 0) is 97.4 Å². The zero-order valence-electron chi connectivity index (χ0n) is 35.4. The van der Waals surface area contributed by atoms with E-state index in [0.29, 0.717) is 43.2 Å². The van der Waals surface area contributed by atoms with Crippen molar-refractivity contribution in [3.05, 3.63) is 117 Å². The van der Waals surface area contributed by atoms with Gasteiger partial charge in [0.1, 0.15) is 22.9 Å². The number of nitro benzene ring substituents is 1. The number of ether oxygens (including phenoxy) is 3. The second-order valence-corrected chi connectivity index (χ2v) is 20.0. The number of piperazine rings is 1. The molecule has 0 spiro atoms. The second-order valence-electron chi connectivity index (χ2n) is 17.9. The Hall–Kier alpha value is -5.48. The third-order valence-corrected chi connectivity index (χ3v) is 14.6. The number of carbonyl (C=O) groups excluding carboxylic acids is 1. The summed E-state index contributed by atoms with van der Waals surface area (Å²) in [5.41, 5.74) is 5.75. The first kappa shape index (κ1) is 42.8. The minimum atomic E-state index is -4.62. The first-order chi connectivity index (χ1) is 30.3. The summed E-state index contributed by atoms with van der Waals surface area (Å²) >= 11 is 6.24. The standard InChI is InChI=1S/C47H51ClN6O8S/c1-47(2)13-9-39(31-3-5-35(48)6-4-31)34(26-47)28-52-15-17-53(18-16-52)36-7-8-40(44(23-36)62-37-21-32-10-14-49-45(32)50-27-37)46(55)51-63(58,59)38-24-42(54(56)57)41-22-33(29-61-43(41)25-38)30-11-19-60-20-12-30/h3-8,10,14,21,23-25,27,30,33H,9,11-13,15-20,22,26,28-29H2,1-2H3,(H,49,50)(H,51,55)/t33-/m0/s1. The molecule has 5 aromatic rings. The molecule has 2 saturated heterocycles. The summed E-state index contributed by atoms with van der Waals surface area (Å²) in [6.07, 6.45) is 8.53. The summed E-state index contributed by atoms with van der Waals surface area (Å²) in [7, 11) is -4.62. The molecular formula is C47H51ClN6O8S. The van der Waals surface area contributed by atoms with Crippen molar-refractivity contribution in [1.29, 1.82) is 0 Å². The Bertz CT molecular complexity index is 2690. The molecule has 330 valence electrons. The van der Waals surface area contributed by atoms with Crippen LogP contribution in [0.1, 0.15) is 67.4 Å². The average Bonchev–Trinajstić information content (AvgIpc) is 3.74. The van der Waals surface area contributed by atoms with Crippen LogP contribution in [-0.2, 0) is 21.2 Å². The fraction of sp³-hybridized carbons (Fsp3) is 0.404. The van der Waals surface area contributed by atoms with E-state index in [1.54, 1.807) is 30.5 Å². The molecule has 5 heterocycles. The van der Waals surface area contributed by atoms with Gasteiger partial charge in [0, 0.05) is 92.3 Å². The van der Waals surface area contributed by atoms with E-state index >= 15 is 0 Å². The van der Waals surface area contributed by atoms with E-state index < -0.39 is 25.7 Å². The SMILES string of the molecule is CC1(C)CCC(c2ccc(Cl)cc2)=C(CN2CCN(c3ccc(C(=O)NS(=O)(=O)c4cc5c(c([N+](=O)[O-])c4)C[C@H](C4CCOCC4)CO5)c(Oc4cnc5[nH]ccc5c4)c3)CC2)C1. The molecular weight excluding hydrogens is 844 g/mol. The van der Waals surface area contributed by atoms with Gasteiger partial charge in [-0.15, -0.1) is 0 Å². The third kappa shape index (κ3) is 9.42. The number of amides is 1. The van der Waals surface area contributed by atoms with Crippen LogP contribution in [0, 0.1) is 27.4 Å². The lowest BCUT2D eigenvalue weighted by Crippen LogP contribution is -2.47. The molecule has 4 aliphatic rings. The molecule has 3 aromatic carbocycles. The number of aromatic nitrogens is 2. The highest BCUT2D eigenvalue weighted by atomic mass is 35.5. The van der Waals surface area contributed by atoms with Gasteiger partial charge >= 0.3 is 0 Å². The molecule has 9 rings (SSSR count). The number of nitrogens with zero attached hydrogens (tertiary/aromatic N) is 4. The lowest BCUT2D eigenvalue weighted by Gasteiger charge is -2.39. The molecule has 1 amide bonds. The van der Waals surface area contributed by atoms with Crippen molar-refractivity contribution in [2.45, 2.75) is 57.3 Å². The van der Waals surface area contributed by atoms with Gasteiger partial charge in [-0.3, -0.25) is 19.8 Å². The maximum atomic E-state index is 14.1. The summed E-state index contributed by atoms with van der Waals surface area (Å²) in [5, 5.41) is 13.9. The lowest BCUT2D eigenvalue weighted by molar-refractivity contribution is -0.386. The van der Waals surface area contributed by atoms with Crippen LogP contribution in [0.15, 0.2) is 89.6 Å². The number of fused-ring (bicyclic) bond motifs is 2. The number of allylic oxidation sites excluding steroid dienone is 1. The van der Waals surface area contributed by atoms with E-state index in [1.807, 2.05) is 18.2 Å². The average molecular weight is 895 g/mol. The fourth-order valence-corrected chi connectivity index (χ4v) is 10.7. The molecule has 0 radical (unpaired) electrons. The van der Waals surface area contributed by atoms with Gasteiger partial charge in [0.15, 0.2) is 0 Å². The predicted octanol–water partition coefficient (Wildman–Crippen LogP) is 8.80. The normalized spacial score (nSPS) is 19.7. The van der Waals surface area contributed by atoms with Gasteiger partial charge in [0.25, 0.3) is 21.6 Å². The number of nitro groups is 1. The number of nitrogens with one attached hydrogen (secondary N) is 2. The highest BCUT2D eigenvalue weighted by Gasteiger charge is 2.36. The highest BCUT2D eigenvalue weighted by molar-refractivity contribution is 7.90. The number of hydrogen-bond donors (Lipinski definition) is 2. The van der Waals surface area contributed by atoms with Crippen LogP contribution in [0.3, 0.4) is 0 Å². The Morgan fingerprint density at radius 2 is 1.81 bits per heavy atom. The van der Waals surface area contributed by atoms with Crippen LogP contribution in [0.25, 0.3) is 16.6 Å². The zero-order chi connectivity index (χ0) is 43.9. The van der Waals surface area contributed by atoms with Crippen LogP contribution < -0.4 is 19.1 Å². The van der Waals surface area contributed by atoms with Crippen molar-refractivity contribution in [3.63, 3.8) is 0 Å². The number of halogens is 1. The first-order valence-corrected chi connectivity index (χ1v) is 23.4. The van der Waals surface area contributed by atoms with Crippen molar-refractivity contribution in [3.8, 4) is 17.2 Å². The quantitative estimate of drug-likeness (QED) is 0.0960. The minimum Gasteiger partial charge on any atom is -0.493 e. The molecule has 1 atom stereocenters. The Morgan fingerprint density at radius 3 is 2.57 bits per heavy atom. The third-order valence-electron chi connectivity index (χ3n) is 13.1. The second kappa shape index (κ2) is 17.6. The summed E-state index contributed by atoms with van der Waals surface area (Å²) in [4.78, 5) is 37.6. The summed E-state index contributed by atoms with van der Waals surface area (Å²) in [6.45, 7) is 10.2. The Morgan fingerprint density at radius 1 is 1.03 bits per heavy atom. The molecule has 1 aliphatic carbocycles. The zero-order valence-corrected chi connectivity index (χ0v) is 37.0. The Kier molecular flexibility index (Phi) is 12.0. The Labute approximate surface area is 371 Å². The number of hydrogen-bond acceptors (Lipinski definition) is 11. The van der Waals surface area contributed by atoms with Crippen LogP contribution in [0.4, 0.5) is 11.4 Å². The molecule has 0 unspecified atom stereocenters. The number of sulfonamides is 1. The fourth-order valence-electron chi connectivity index (χ4n) is 9.58. The maximum Gasteiger partial charge on any atom is 0.277 e. The van der Waals surface area contributed by atoms with Gasteiger partial charge in [-0.1, -0.05) is 43.2 Å². The van der Waals surface area contributed by atoms with E-state index in [0.717, 1.165) is 87.0 Å². The van der Waals surface area contributed by atoms with Gasteiger partial charge in [-0.2, -0.15) is 0 Å². The molecule has 0 bridgehead atoms. The summed E-state index contributed by atoms with van der Waals surface area (Å²) in [6, 6.07) is 19.1. The van der Waals surface area contributed by atoms with Crippen molar-refractivity contribution >= 4 is 55.5 Å². The van der Waals surface area contributed by atoms with Crippen molar-refractivity contribution in [2.24, 2.45) is 17.3 Å². The monoisotopic (exact) mass is 894 g/mol. The summed E-state index contributed by atoms with van der Waals surface area (Å²) < 4.78 is 47.8. The predicted molar refractivity (Wildman–Crippen MR) is 241 cm³/mol. The van der Waals surface area contributed by atoms with Gasteiger partial charge in [0.05, 0.1) is 33.7 Å². The molecule has 2 aromatic heterocycles. The van der Waals surface area contributed by atoms with Crippen LogP contribution in [0.5, 0.6) is 17.2 Å².